The largest absolute Gasteiger partial charge is 0.506 e. The standard InChI is InChI=1S/C19H16O7/c20-15-10-4-2-1-3-8(10)5-9-6-13-12(7-11(9)15)16(21)14(18(23)24)17(22)19(13,25)26/h1-4,7,9,12-13,22,25-26H,5-6H2,(H,23,24). The van der Waals surface area contributed by atoms with Crippen LogP contribution in [0.4, 0.5) is 0 Å². The van der Waals surface area contributed by atoms with Crippen LogP contribution >= 0.6 is 0 Å². The Kier molecular flexibility index (Phi) is 3.44. The SMILES string of the molecule is O=C(O)C1=C(O)C(O)(O)C2CC3Cc4ccccc4C(=O)C3=CC2C1=O. The van der Waals surface area contributed by atoms with Crippen LogP contribution in [0.25, 0.3) is 0 Å². The topological polar surface area (TPSA) is 132 Å². The fourth-order valence-electron chi connectivity index (χ4n) is 4.34. The van der Waals surface area contributed by atoms with Gasteiger partial charge < -0.3 is 20.4 Å². The van der Waals surface area contributed by atoms with Gasteiger partial charge in [0.25, 0.3) is 0 Å². The van der Waals surface area contributed by atoms with Crippen molar-refractivity contribution >= 4 is 17.5 Å². The second-order valence-electron chi connectivity index (χ2n) is 7.00. The molecule has 0 heterocycles. The van der Waals surface area contributed by atoms with Crippen molar-refractivity contribution in [3.05, 3.63) is 58.4 Å². The molecule has 0 radical (unpaired) electrons. The molecular weight excluding hydrogens is 340 g/mol. The van der Waals surface area contributed by atoms with E-state index in [9.17, 15) is 29.7 Å². The lowest BCUT2D eigenvalue weighted by molar-refractivity contribution is -0.210. The number of hydrogen-bond acceptors (Lipinski definition) is 6. The van der Waals surface area contributed by atoms with Gasteiger partial charge in [0.15, 0.2) is 17.3 Å². The fraction of sp³-hybridized carbons (Fsp3) is 0.316. The Labute approximate surface area is 147 Å². The van der Waals surface area contributed by atoms with Gasteiger partial charge in [0, 0.05) is 23.0 Å². The summed E-state index contributed by atoms with van der Waals surface area (Å²) < 4.78 is 0. The highest BCUT2D eigenvalue weighted by Crippen LogP contribution is 2.48. The minimum absolute atomic E-state index is 0.0757. The average molecular weight is 356 g/mol. The first-order valence-corrected chi connectivity index (χ1v) is 8.23. The van der Waals surface area contributed by atoms with Crippen LogP contribution in [0.3, 0.4) is 0 Å². The van der Waals surface area contributed by atoms with Crippen molar-refractivity contribution in [3.8, 4) is 0 Å². The quantitative estimate of drug-likeness (QED) is 0.431. The molecule has 4 rings (SSSR count). The van der Waals surface area contributed by atoms with Crippen LogP contribution in [0.15, 0.2) is 47.2 Å². The lowest BCUT2D eigenvalue weighted by atomic mass is 9.62. The molecule has 4 N–H and O–H groups in total. The van der Waals surface area contributed by atoms with Crippen LogP contribution in [0.2, 0.25) is 0 Å². The summed E-state index contributed by atoms with van der Waals surface area (Å²) in [5, 5.41) is 39.8. The second-order valence-corrected chi connectivity index (χ2v) is 7.00. The van der Waals surface area contributed by atoms with Crippen molar-refractivity contribution in [2.45, 2.75) is 18.6 Å². The van der Waals surface area contributed by atoms with Crippen molar-refractivity contribution in [1.82, 2.24) is 0 Å². The number of carbonyl (C=O) groups excluding carboxylic acids is 2. The molecule has 7 nitrogen and oxygen atoms in total. The van der Waals surface area contributed by atoms with E-state index in [0.29, 0.717) is 17.6 Å². The van der Waals surface area contributed by atoms with E-state index >= 15 is 0 Å². The number of aliphatic hydroxyl groups excluding tert-OH is 1. The van der Waals surface area contributed by atoms with Gasteiger partial charge >= 0.3 is 5.97 Å². The molecule has 3 unspecified atom stereocenters. The molecule has 26 heavy (non-hydrogen) atoms. The number of Topliss-reactive ketones (excluding diaryl/α,β-unsaturated/α-hetero) is 2. The molecule has 1 aromatic carbocycles. The van der Waals surface area contributed by atoms with Crippen LogP contribution in [0.1, 0.15) is 22.3 Å². The van der Waals surface area contributed by atoms with Crippen molar-refractivity contribution < 1.29 is 34.8 Å². The lowest BCUT2D eigenvalue weighted by Gasteiger charge is -2.44. The van der Waals surface area contributed by atoms with Gasteiger partial charge in [-0.15, -0.1) is 0 Å². The molecule has 0 aromatic heterocycles. The molecule has 3 aliphatic rings. The summed E-state index contributed by atoms with van der Waals surface area (Å²) in [6, 6.07) is 7.07. The number of aliphatic carboxylic acids is 1. The van der Waals surface area contributed by atoms with Crippen molar-refractivity contribution in [2.75, 3.05) is 0 Å². The van der Waals surface area contributed by atoms with Crippen molar-refractivity contribution in [3.63, 3.8) is 0 Å². The van der Waals surface area contributed by atoms with Gasteiger partial charge in [0.1, 0.15) is 5.57 Å². The molecule has 0 spiro atoms. The number of allylic oxidation sites excluding steroid dienone is 2. The van der Waals surface area contributed by atoms with Gasteiger partial charge in [-0.25, -0.2) is 4.79 Å². The third-order valence-electron chi connectivity index (χ3n) is 5.63. The fourth-order valence-corrected chi connectivity index (χ4v) is 4.34. The molecule has 0 bridgehead atoms. The van der Waals surface area contributed by atoms with Crippen molar-refractivity contribution in [1.29, 1.82) is 0 Å². The third kappa shape index (κ3) is 2.11. The zero-order chi connectivity index (χ0) is 18.8. The summed E-state index contributed by atoms with van der Waals surface area (Å²) in [5.74, 6) is -9.61. The number of carboxylic acid groups (broad SMARTS) is 1. The van der Waals surface area contributed by atoms with Gasteiger partial charge in [0.05, 0.1) is 0 Å². The van der Waals surface area contributed by atoms with E-state index in [1.165, 1.54) is 6.08 Å². The number of aliphatic hydroxyl groups is 3. The molecule has 0 aliphatic heterocycles. The van der Waals surface area contributed by atoms with Crippen LogP contribution in [-0.2, 0) is 16.0 Å². The van der Waals surface area contributed by atoms with Crippen LogP contribution in [0, 0.1) is 17.8 Å². The Bertz CT molecular complexity index is 922. The first-order chi connectivity index (χ1) is 12.2. The Hall–Kier alpha value is -2.77. The summed E-state index contributed by atoms with van der Waals surface area (Å²) in [4.78, 5) is 36.6. The van der Waals surface area contributed by atoms with Gasteiger partial charge in [-0.2, -0.15) is 0 Å². The normalized spacial score (nSPS) is 29.5. The molecule has 0 saturated carbocycles. The molecular formula is C19H16O7. The Morgan fingerprint density at radius 3 is 2.54 bits per heavy atom. The van der Waals surface area contributed by atoms with E-state index < -0.39 is 40.7 Å². The number of fused-ring (bicyclic) bond motifs is 3. The minimum Gasteiger partial charge on any atom is -0.506 e. The molecule has 0 amide bonds. The molecule has 0 saturated heterocycles. The van der Waals surface area contributed by atoms with E-state index in [2.05, 4.69) is 0 Å². The molecule has 3 atom stereocenters. The zero-order valence-corrected chi connectivity index (χ0v) is 13.5. The Morgan fingerprint density at radius 2 is 1.85 bits per heavy atom. The van der Waals surface area contributed by atoms with Gasteiger partial charge in [-0.1, -0.05) is 30.3 Å². The minimum atomic E-state index is -2.84. The lowest BCUT2D eigenvalue weighted by Crippen LogP contribution is -2.54. The van der Waals surface area contributed by atoms with E-state index in [0.717, 1.165) is 5.56 Å². The smallest absolute Gasteiger partial charge is 0.343 e. The summed E-state index contributed by atoms with van der Waals surface area (Å²) >= 11 is 0. The zero-order valence-electron chi connectivity index (χ0n) is 13.5. The third-order valence-corrected chi connectivity index (χ3v) is 5.63. The maximum absolute atomic E-state index is 12.8. The van der Waals surface area contributed by atoms with E-state index in [1.807, 2.05) is 12.1 Å². The number of hydrogen-bond donors (Lipinski definition) is 4. The van der Waals surface area contributed by atoms with Gasteiger partial charge in [0.2, 0.25) is 5.79 Å². The predicted octanol–water partition coefficient (Wildman–Crippen LogP) is 0.764. The van der Waals surface area contributed by atoms with E-state index in [1.54, 1.807) is 12.1 Å². The first-order valence-electron chi connectivity index (χ1n) is 8.23. The second kappa shape index (κ2) is 5.36. The maximum Gasteiger partial charge on any atom is 0.343 e. The highest BCUT2D eigenvalue weighted by molar-refractivity contribution is 6.20. The Morgan fingerprint density at radius 1 is 1.15 bits per heavy atom. The summed E-state index contributed by atoms with van der Waals surface area (Å²) in [5.41, 5.74) is 0.718. The van der Waals surface area contributed by atoms with E-state index in [-0.39, 0.29) is 18.1 Å². The molecule has 3 aliphatic carbocycles. The monoisotopic (exact) mass is 356 g/mol. The molecule has 1 aromatic rings. The number of carboxylic acids is 1. The van der Waals surface area contributed by atoms with Crippen LogP contribution in [-0.4, -0.2) is 43.7 Å². The molecule has 7 heteroatoms. The molecule has 134 valence electrons. The van der Waals surface area contributed by atoms with Crippen LogP contribution in [0.5, 0.6) is 0 Å². The summed E-state index contributed by atoms with van der Waals surface area (Å²) in [6.45, 7) is 0. The van der Waals surface area contributed by atoms with Gasteiger partial charge in [-0.3, -0.25) is 9.59 Å². The summed E-state index contributed by atoms with van der Waals surface area (Å²) in [7, 11) is 0. The number of carbonyl (C=O) groups is 3. The number of ketones is 2. The predicted molar refractivity (Wildman–Crippen MR) is 87.1 cm³/mol. The summed E-state index contributed by atoms with van der Waals surface area (Å²) in [6.07, 6.45) is 1.93. The van der Waals surface area contributed by atoms with Crippen LogP contribution < -0.4 is 0 Å². The van der Waals surface area contributed by atoms with E-state index in [4.69, 9.17) is 5.11 Å². The first kappa shape index (κ1) is 16.7. The average Bonchev–Trinajstić information content (AvgIpc) is 2.59. The highest BCUT2D eigenvalue weighted by Gasteiger charge is 2.56. The number of benzene rings is 1. The van der Waals surface area contributed by atoms with Crippen molar-refractivity contribution in [2.24, 2.45) is 17.8 Å². The van der Waals surface area contributed by atoms with Gasteiger partial charge in [-0.05, 0) is 24.3 Å². The highest BCUT2D eigenvalue weighted by atomic mass is 16.5. The number of rotatable bonds is 1. The maximum atomic E-state index is 12.8. The Balaban J connectivity index is 1.84. The molecule has 0 fully saturated rings.